The first kappa shape index (κ1) is 9.38. The van der Waals surface area contributed by atoms with Crippen molar-refractivity contribution < 1.29 is 0 Å². The summed E-state index contributed by atoms with van der Waals surface area (Å²) in [5.74, 6) is 0.611. The van der Waals surface area contributed by atoms with E-state index in [-0.39, 0.29) is 0 Å². The summed E-state index contributed by atoms with van der Waals surface area (Å²) in [4.78, 5) is 4.57. The first-order chi connectivity index (χ1) is 6.59. The molecule has 0 unspecified atom stereocenters. The second kappa shape index (κ2) is 3.19. The van der Waals surface area contributed by atoms with Gasteiger partial charge in [-0.1, -0.05) is 19.9 Å². The fraction of sp³-hybridized carbons (Fsp3) is 0.500. The van der Waals surface area contributed by atoms with Crippen LogP contribution in [-0.2, 0) is 0 Å². The van der Waals surface area contributed by atoms with E-state index in [1.165, 1.54) is 16.9 Å². The molecule has 0 bridgehead atoms. The van der Waals surface area contributed by atoms with Crippen molar-refractivity contribution in [3.63, 3.8) is 0 Å². The van der Waals surface area contributed by atoms with E-state index in [0.717, 1.165) is 6.67 Å². The van der Waals surface area contributed by atoms with Gasteiger partial charge in [-0.3, -0.25) is 0 Å². The van der Waals surface area contributed by atoms with Crippen LogP contribution < -0.4 is 9.80 Å². The maximum absolute atomic E-state index is 2.31. The van der Waals surface area contributed by atoms with Crippen LogP contribution in [-0.4, -0.2) is 20.8 Å². The lowest BCUT2D eigenvalue weighted by Crippen LogP contribution is -2.23. The summed E-state index contributed by atoms with van der Waals surface area (Å²) >= 11 is 0. The van der Waals surface area contributed by atoms with Gasteiger partial charge in [-0.25, -0.2) is 0 Å². The molecule has 0 saturated carbocycles. The molecule has 0 atom stereocenters. The third-order valence-corrected chi connectivity index (χ3v) is 2.91. The van der Waals surface area contributed by atoms with Crippen LogP contribution in [0.5, 0.6) is 0 Å². The van der Waals surface area contributed by atoms with Gasteiger partial charge >= 0.3 is 0 Å². The molecular weight excluding hydrogens is 172 g/mol. The van der Waals surface area contributed by atoms with Crippen molar-refractivity contribution in [1.29, 1.82) is 0 Å². The quantitative estimate of drug-likeness (QED) is 0.671. The lowest BCUT2D eigenvalue weighted by atomic mass is 10.0. The Kier molecular flexibility index (Phi) is 2.14. The smallest absolute Gasteiger partial charge is 0.0898 e. The van der Waals surface area contributed by atoms with Gasteiger partial charge in [-0.2, -0.15) is 0 Å². The van der Waals surface area contributed by atoms with Gasteiger partial charge in [-0.05, 0) is 23.6 Å². The molecule has 2 heteroatoms. The predicted octanol–water partition coefficient (Wildman–Crippen LogP) is 2.65. The van der Waals surface area contributed by atoms with Crippen LogP contribution >= 0.6 is 0 Å². The third-order valence-electron chi connectivity index (χ3n) is 2.91. The summed E-state index contributed by atoms with van der Waals surface area (Å²) in [6.07, 6.45) is 0. The molecule has 1 aliphatic rings. The highest BCUT2D eigenvalue weighted by atomic mass is 15.3. The molecule has 0 fully saturated rings. The Balaban J connectivity index is 2.45. The molecule has 0 spiro atoms. The lowest BCUT2D eigenvalue weighted by Gasteiger charge is -2.12. The molecule has 0 aromatic heterocycles. The minimum atomic E-state index is 0.611. The van der Waals surface area contributed by atoms with E-state index < -0.39 is 0 Å². The zero-order chi connectivity index (χ0) is 10.3. The van der Waals surface area contributed by atoms with Gasteiger partial charge in [0, 0.05) is 14.1 Å². The van der Waals surface area contributed by atoms with Crippen LogP contribution in [0.4, 0.5) is 11.4 Å². The highest BCUT2D eigenvalue weighted by molar-refractivity contribution is 5.76. The van der Waals surface area contributed by atoms with Crippen molar-refractivity contribution in [3.8, 4) is 0 Å². The van der Waals surface area contributed by atoms with Crippen molar-refractivity contribution in [3.05, 3.63) is 23.8 Å². The molecular formula is C12H18N2. The van der Waals surface area contributed by atoms with E-state index in [1.54, 1.807) is 0 Å². The van der Waals surface area contributed by atoms with E-state index in [9.17, 15) is 0 Å². The van der Waals surface area contributed by atoms with Crippen molar-refractivity contribution in [2.24, 2.45) is 0 Å². The molecule has 0 N–H and O–H groups in total. The van der Waals surface area contributed by atoms with E-state index in [4.69, 9.17) is 0 Å². The van der Waals surface area contributed by atoms with Gasteiger partial charge in [-0.15, -0.1) is 0 Å². The molecule has 2 nitrogen and oxygen atoms in total. The van der Waals surface area contributed by atoms with Crippen molar-refractivity contribution in [2.75, 3.05) is 30.6 Å². The molecule has 0 amide bonds. The van der Waals surface area contributed by atoms with Gasteiger partial charge in [0.05, 0.1) is 18.0 Å². The summed E-state index contributed by atoms with van der Waals surface area (Å²) in [6, 6.07) is 6.77. The van der Waals surface area contributed by atoms with E-state index in [2.05, 4.69) is 55.9 Å². The Hall–Kier alpha value is -1.18. The summed E-state index contributed by atoms with van der Waals surface area (Å²) in [7, 11) is 4.28. The molecule has 0 radical (unpaired) electrons. The average molecular weight is 190 g/mol. The van der Waals surface area contributed by atoms with Gasteiger partial charge in [0.25, 0.3) is 0 Å². The SMILES string of the molecule is CC(C)c1ccc2c(c1)N(C)CN2C. The summed E-state index contributed by atoms with van der Waals surface area (Å²) in [6.45, 7) is 5.47. The third kappa shape index (κ3) is 1.35. The van der Waals surface area contributed by atoms with E-state index in [1.807, 2.05) is 0 Å². The van der Waals surface area contributed by atoms with E-state index >= 15 is 0 Å². The van der Waals surface area contributed by atoms with Crippen LogP contribution in [0.1, 0.15) is 25.3 Å². The molecule has 1 heterocycles. The lowest BCUT2D eigenvalue weighted by molar-refractivity contribution is 0.866. The predicted molar refractivity (Wildman–Crippen MR) is 62.2 cm³/mol. The van der Waals surface area contributed by atoms with Crippen LogP contribution in [0.15, 0.2) is 18.2 Å². The Morgan fingerprint density at radius 2 is 1.71 bits per heavy atom. The largest absolute Gasteiger partial charge is 0.355 e. The Morgan fingerprint density at radius 3 is 2.36 bits per heavy atom. The van der Waals surface area contributed by atoms with Crippen LogP contribution in [0, 0.1) is 0 Å². The highest BCUT2D eigenvalue weighted by Crippen LogP contribution is 2.35. The average Bonchev–Trinajstić information content (AvgIpc) is 2.42. The zero-order valence-corrected chi connectivity index (χ0v) is 9.41. The van der Waals surface area contributed by atoms with Crippen LogP contribution in [0.2, 0.25) is 0 Å². The normalized spacial score (nSPS) is 15.2. The molecule has 76 valence electrons. The Morgan fingerprint density at radius 1 is 1.07 bits per heavy atom. The van der Waals surface area contributed by atoms with Crippen LogP contribution in [0.25, 0.3) is 0 Å². The summed E-state index contributed by atoms with van der Waals surface area (Å²) in [5.41, 5.74) is 4.13. The molecule has 0 saturated heterocycles. The van der Waals surface area contributed by atoms with Gasteiger partial charge < -0.3 is 9.80 Å². The number of benzene rings is 1. The standard InChI is InChI=1S/C12H18N2/c1-9(2)10-5-6-11-12(7-10)14(4)8-13(11)3/h5-7,9H,8H2,1-4H3. The molecule has 2 rings (SSSR count). The zero-order valence-electron chi connectivity index (χ0n) is 9.41. The molecule has 14 heavy (non-hydrogen) atoms. The monoisotopic (exact) mass is 190 g/mol. The molecule has 1 aliphatic heterocycles. The maximum Gasteiger partial charge on any atom is 0.0898 e. The van der Waals surface area contributed by atoms with Crippen molar-refractivity contribution >= 4 is 11.4 Å². The number of rotatable bonds is 1. The summed E-state index contributed by atoms with van der Waals surface area (Å²) < 4.78 is 0. The first-order valence-corrected chi connectivity index (χ1v) is 5.16. The second-order valence-corrected chi connectivity index (χ2v) is 4.44. The van der Waals surface area contributed by atoms with Crippen molar-refractivity contribution in [1.82, 2.24) is 0 Å². The molecule has 0 aliphatic carbocycles. The molecule has 1 aromatic rings. The van der Waals surface area contributed by atoms with Gasteiger partial charge in [0.1, 0.15) is 0 Å². The van der Waals surface area contributed by atoms with Gasteiger partial charge in [0.15, 0.2) is 0 Å². The van der Waals surface area contributed by atoms with Gasteiger partial charge in [0.2, 0.25) is 0 Å². The Labute approximate surface area is 86.1 Å². The van der Waals surface area contributed by atoms with Crippen LogP contribution in [0.3, 0.4) is 0 Å². The van der Waals surface area contributed by atoms with Crippen molar-refractivity contribution in [2.45, 2.75) is 19.8 Å². The number of anilines is 2. The number of nitrogens with zero attached hydrogens (tertiary/aromatic N) is 2. The fourth-order valence-electron chi connectivity index (χ4n) is 2.00. The minimum absolute atomic E-state index is 0.611. The minimum Gasteiger partial charge on any atom is -0.355 e. The summed E-state index contributed by atoms with van der Waals surface area (Å²) in [5, 5.41) is 0. The fourth-order valence-corrected chi connectivity index (χ4v) is 2.00. The number of fused-ring (bicyclic) bond motifs is 1. The second-order valence-electron chi connectivity index (χ2n) is 4.44. The Bertz CT molecular complexity index is 344. The first-order valence-electron chi connectivity index (χ1n) is 5.16. The van der Waals surface area contributed by atoms with E-state index in [0.29, 0.717) is 5.92 Å². The maximum atomic E-state index is 2.31. The topological polar surface area (TPSA) is 6.48 Å². The highest BCUT2D eigenvalue weighted by Gasteiger charge is 2.20. The number of hydrogen-bond acceptors (Lipinski definition) is 2. The molecule has 1 aromatic carbocycles. The number of hydrogen-bond donors (Lipinski definition) is 0.